The Labute approximate surface area is 231 Å². The Morgan fingerprint density at radius 2 is 1.61 bits per heavy atom. The molecule has 1 aliphatic rings. The van der Waals surface area contributed by atoms with E-state index in [0.717, 1.165) is 19.4 Å². The second kappa shape index (κ2) is 12.8. The third-order valence-corrected chi connectivity index (χ3v) is 6.82. The number of rotatable bonds is 7. The summed E-state index contributed by atoms with van der Waals surface area (Å²) in [5, 5.41) is 12.4. The van der Waals surface area contributed by atoms with Crippen LogP contribution in [0, 0.1) is 5.82 Å². The van der Waals surface area contributed by atoms with E-state index < -0.39 is 11.7 Å². The van der Waals surface area contributed by atoms with E-state index in [1.54, 1.807) is 48.5 Å². The van der Waals surface area contributed by atoms with Gasteiger partial charge in [0.05, 0.1) is 22.8 Å². The zero-order chi connectivity index (χ0) is 27.1. The first-order valence-electron chi connectivity index (χ1n) is 12.4. The van der Waals surface area contributed by atoms with E-state index in [1.807, 2.05) is 0 Å². The number of nitrogens with zero attached hydrogens (tertiary/aromatic N) is 1. The van der Waals surface area contributed by atoms with Gasteiger partial charge >= 0.3 is 0 Å². The Bertz CT molecular complexity index is 1320. The first-order chi connectivity index (χ1) is 18.3. The maximum Gasteiger partial charge on any atom is 0.258 e. The first kappa shape index (κ1) is 27.5. The first-order valence-corrected chi connectivity index (χ1v) is 13.1. The minimum Gasteiger partial charge on any atom is -0.332 e. The highest BCUT2D eigenvalue weighted by Gasteiger charge is 2.21. The van der Waals surface area contributed by atoms with Gasteiger partial charge in [-0.1, -0.05) is 30.2 Å². The lowest BCUT2D eigenvalue weighted by molar-refractivity contribution is -0.118. The van der Waals surface area contributed by atoms with Crippen molar-refractivity contribution in [2.75, 3.05) is 34.4 Å². The molecule has 4 rings (SSSR count). The fraction of sp³-hybridized carbons (Fsp3) is 0.250. The molecule has 4 N–H and O–H groups in total. The Hall–Kier alpha value is -3.53. The molecule has 0 aliphatic carbocycles. The molecule has 3 aromatic rings. The summed E-state index contributed by atoms with van der Waals surface area (Å²) in [5.41, 5.74) is 2.37. The van der Waals surface area contributed by atoms with Crippen LogP contribution in [0.15, 0.2) is 66.7 Å². The molecule has 3 aromatic carbocycles. The zero-order valence-corrected chi connectivity index (χ0v) is 22.5. The van der Waals surface area contributed by atoms with Crippen LogP contribution < -0.4 is 21.3 Å². The highest BCUT2D eigenvalue weighted by atomic mass is 35.5. The molecule has 1 fully saturated rings. The molecule has 2 amide bonds. The molecule has 1 saturated heterocycles. The lowest BCUT2D eigenvalue weighted by Gasteiger charge is -2.32. The summed E-state index contributed by atoms with van der Waals surface area (Å²) in [6.45, 7) is 3.43. The zero-order valence-electron chi connectivity index (χ0n) is 20.9. The molecule has 10 heteroatoms. The van der Waals surface area contributed by atoms with E-state index in [9.17, 15) is 14.0 Å². The standard InChI is InChI=1S/C28H29ClFN5O2S/c1-18-6-4-5-15-35(18)17-26(36)34-25-14-13-21(16-23(25)29)33-28(38)32-20-11-9-19(10-12-20)31-27(37)22-7-2-3-8-24(22)30/h2-3,7-14,16,18H,4-6,15,17H2,1H3,(H,31,37)(H,34,36)(H2,32,33,38). The van der Waals surface area contributed by atoms with Crippen molar-refractivity contribution in [3.8, 4) is 0 Å². The molecule has 7 nitrogen and oxygen atoms in total. The largest absolute Gasteiger partial charge is 0.332 e. The highest BCUT2D eigenvalue weighted by molar-refractivity contribution is 7.80. The Morgan fingerprint density at radius 1 is 0.947 bits per heavy atom. The second-order valence-electron chi connectivity index (χ2n) is 9.15. The number of carbonyl (C=O) groups excluding carboxylic acids is 2. The normalized spacial score (nSPS) is 15.4. The number of anilines is 4. The van der Waals surface area contributed by atoms with E-state index in [2.05, 4.69) is 33.1 Å². The van der Waals surface area contributed by atoms with Gasteiger partial charge in [0, 0.05) is 23.1 Å². The summed E-state index contributed by atoms with van der Waals surface area (Å²) in [6, 6.07) is 18.2. The van der Waals surface area contributed by atoms with Crippen LogP contribution in [0.3, 0.4) is 0 Å². The molecule has 0 radical (unpaired) electrons. The minimum atomic E-state index is -0.581. The Balaban J connectivity index is 1.27. The van der Waals surface area contributed by atoms with Crippen LogP contribution in [0.2, 0.25) is 5.02 Å². The van der Waals surface area contributed by atoms with Crippen LogP contribution in [0.4, 0.5) is 27.1 Å². The fourth-order valence-electron chi connectivity index (χ4n) is 4.24. The van der Waals surface area contributed by atoms with Crippen molar-refractivity contribution in [1.29, 1.82) is 0 Å². The molecule has 1 atom stereocenters. The number of nitrogens with one attached hydrogen (secondary N) is 4. The molecular formula is C28H29ClFN5O2S. The van der Waals surface area contributed by atoms with Crippen LogP contribution >= 0.6 is 23.8 Å². The summed E-state index contributed by atoms with van der Waals surface area (Å²) < 4.78 is 13.8. The molecular weight excluding hydrogens is 525 g/mol. The number of likely N-dealkylation sites (tertiary alicyclic amines) is 1. The summed E-state index contributed by atoms with van der Waals surface area (Å²) in [5.74, 6) is -1.20. The van der Waals surface area contributed by atoms with Gasteiger partial charge in [0.2, 0.25) is 5.91 Å². The van der Waals surface area contributed by atoms with Gasteiger partial charge in [0.25, 0.3) is 5.91 Å². The molecule has 1 heterocycles. The van der Waals surface area contributed by atoms with E-state index in [-0.39, 0.29) is 11.5 Å². The van der Waals surface area contributed by atoms with Gasteiger partial charge < -0.3 is 21.3 Å². The number of hydrogen-bond acceptors (Lipinski definition) is 4. The minimum absolute atomic E-state index is 0.0269. The van der Waals surface area contributed by atoms with Crippen molar-refractivity contribution in [3.63, 3.8) is 0 Å². The predicted octanol–water partition coefficient (Wildman–Crippen LogP) is 6.35. The Morgan fingerprint density at radius 3 is 2.29 bits per heavy atom. The highest BCUT2D eigenvalue weighted by Crippen LogP contribution is 2.26. The van der Waals surface area contributed by atoms with Crippen LogP contribution in [-0.2, 0) is 4.79 Å². The lowest BCUT2D eigenvalue weighted by atomic mass is 10.0. The molecule has 1 unspecified atom stereocenters. The van der Waals surface area contributed by atoms with Crippen LogP contribution in [-0.4, -0.2) is 41.0 Å². The van der Waals surface area contributed by atoms with E-state index >= 15 is 0 Å². The number of hydrogen-bond donors (Lipinski definition) is 4. The third-order valence-electron chi connectivity index (χ3n) is 6.31. The number of halogens is 2. The summed E-state index contributed by atoms with van der Waals surface area (Å²) in [7, 11) is 0. The lowest BCUT2D eigenvalue weighted by Crippen LogP contribution is -2.42. The smallest absolute Gasteiger partial charge is 0.258 e. The van der Waals surface area contributed by atoms with Crippen LogP contribution in [0.5, 0.6) is 0 Å². The van der Waals surface area contributed by atoms with Gasteiger partial charge in [0.1, 0.15) is 5.82 Å². The molecule has 1 aliphatic heterocycles. The van der Waals surface area contributed by atoms with E-state index in [4.69, 9.17) is 23.8 Å². The van der Waals surface area contributed by atoms with Crippen molar-refractivity contribution in [2.24, 2.45) is 0 Å². The third kappa shape index (κ3) is 7.50. The average molecular weight is 554 g/mol. The van der Waals surface area contributed by atoms with Gasteiger partial charge in [-0.05, 0) is 93.1 Å². The van der Waals surface area contributed by atoms with Crippen molar-refractivity contribution in [2.45, 2.75) is 32.2 Å². The van der Waals surface area contributed by atoms with Gasteiger partial charge in [0.15, 0.2) is 5.11 Å². The fourth-order valence-corrected chi connectivity index (χ4v) is 4.70. The molecule has 0 aromatic heterocycles. The van der Waals surface area contributed by atoms with Gasteiger partial charge in [-0.15, -0.1) is 0 Å². The molecule has 198 valence electrons. The summed E-state index contributed by atoms with van der Waals surface area (Å²) >= 11 is 11.8. The predicted molar refractivity (Wildman–Crippen MR) is 156 cm³/mol. The number of carbonyl (C=O) groups is 2. The monoisotopic (exact) mass is 553 g/mol. The Kier molecular flexibility index (Phi) is 9.28. The number of amides is 2. The molecule has 0 saturated carbocycles. The van der Waals surface area contributed by atoms with Crippen LogP contribution in [0.25, 0.3) is 0 Å². The van der Waals surface area contributed by atoms with Crippen LogP contribution in [0.1, 0.15) is 36.5 Å². The summed E-state index contributed by atoms with van der Waals surface area (Å²) in [6.07, 6.45) is 3.43. The topological polar surface area (TPSA) is 85.5 Å². The molecule has 38 heavy (non-hydrogen) atoms. The number of benzene rings is 3. The van der Waals surface area contributed by atoms with Gasteiger partial charge in [-0.25, -0.2) is 4.39 Å². The van der Waals surface area contributed by atoms with E-state index in [0.29, 0.717) is 45.5 Å². The quantitative estimate of drug-likeness (QED) is 0.255. The van der Waals surface area contributed by atoms with Crippen molar-refractivity contribution < 1.29 is 14.0 Å². The average Bonchev–Trinajstić information content (AvgIpc) is 2.88. The van der Waals surface area contributed by atoms with E-state index in [1.165, 1.54) is 24.6 Å². The number of piperidine rings is 1. The SMILES string of the molecule is CC1CCCCN1CC(=O)Nc1ccc(NC(=S)Nc2ccc(NC(=O)c3ccccc3F)cc2)cc1Cl. The second-order valence-corrected chi connectivity index (χ2v) is 9.96. The number of thiocarbonyl (C=S) groups is 1. The van der Waals surface area contributed by atoms with Crippen molar-refractivity contribution >= 4 is 63.5 Å². The maximum absolute atomic E-state index is 13.8. The molecule has 0 spiro atoms. The van der Waals surface area contributed by atoms with Gasteiger partial charge in [-0.2, -0.15) is 0 Å². The summed E-state index contributed by atoms with van der Waals surface area (Å²) in [4.78, 5) is 27.0. The van der Waals surface area contributed by atoms with Crippen molar-refractivity contribution in [3.05, 3.63) is 83.1 Å². The molecule has 0 bridgehead atoms. The van der Waals surface area contributed by atoms with Crippen molar-refractivity contribution in [1.82, 2.24) is 4.90 Å². The van der Waals surface area contributed by atoms with Gasteiger partial charge in [-0.3, -0.25) is 14.5 Å². The maximum atomic E-state index is 13.8.